The summed E-state index contributed by atoms with van der Waals surface area (Å²) in [6, 6.07) is 15.7. The molecule has 2 N–H and O–H groups in total. The molecule has 2 aliphatic heterocycles. The molecule has 6 heteroatoms. The molecule has 6 nitrogen and oxygen atoms in total. The molecular formula is C27H29N2O4+. The lowest BCUT2D eigenvalue weighted by Gasteiger charge is -2.25. The summed E-state index contributed by atoms with van der Waals surface area (Å²) in [5, 5.41) is 19.0. The number of fused-ring (bicyclic) bond motifs is 2. The maximum Gasteiger partial charge on any atom is 0.370 e. The number of nitrogens with zero attached hydrogens (tertiary/aromatic N) is 2. The van der Waals surface area contributed by atoms with E-state index in [1.807, 2.05) is 76.2 Å². The molecule has 0 spiro atoms. The number of para-hydroxylation sites is 2. The molecular weight excluding hydrogens is 416 g/mol. The molecule has 2 aromatic rings. The van der Waals surface area contributed by atoms with Crippen LogP contribution in [0.3, 0.4) is 0 Å². The van der Waals surface area contributed by atoms with Crippen molar-refractivity contribution in [3.8, 4) is 0 Å². The van der Waals surface area contributed by atoms with Crippen LogP contribution >= 0.6 is 0 Å². The molecule has 0 aliphatic carbocycles. The van der Waals surface area contributed by atoms with Gasteiger partial charge >= 0.3 is 11.9 Å². The molecule has 0 saturated carbocycles. The van der Waals surface area contributed by atoms with E-state index in [1.165, 1.54) is 0 Å². The normalized spacial score (nSPS) is 19.3. The van der Waals surface area contributed by atoms with E-state index < -0.39 is 11.9 Å². The molecule has 0 unspecified atom stereocenters. The first-order valence-corrected chi connectivity index (χ1v) is 11.0. The van der Waals surface area contributed by atoms with Crippen molar-refractivity contribution in [1.29, 1.82) is 0 Å². The Morgan fingerprint density at radius 3 is 2.21 bits per heavy atom. The summed E-state index contributed by atoms with van der Waals surface area (Å²) >= 11 is 0. The van der Waals surface area contributed by atoms with E-state index in [2.05, 4.69) is 27.7 Å². The summed E-state index contributed by atoms with van der Waals surface area (Å²) in [7, 11) is 0. The van der Waals surface area contributed by atoms with Gasteiger partial charge in [0.25, 0.3) is 0 Å². The zero-order valence-corrected chi connectivity index (χ0v) is 19.4. The van der Waals surface area contributed by atoms with Crippen LogP contribution in [0.2, 0.25) is 0 Å². The maximum atomic E-state index is 11.6. The van der Waals surface area contributed by atoms with Crippen LogP contribution in [0, 0.1) is 0 Å². The molecule has 0 radical (unpaired) electrons. The van der Waals surface area contributed by atoms with Gasteiger partial charge in [-0.1, -0.05) is 56.3 Å². The highest BCUT2D eigenvalue weighted by Crippen LogP contribution is 2.47. The minimum Gasteiger partial charge on any atom is -0.480 e. The van der Waals surface area contributed by atoms with Crippen LogP contribution in [0.4, 0.5) is 11.4 Å². The number of hydrogen-bond acceptors (Lipinski definition) is 3. The summed E-state index contributed by atoms with van der Waals surface area (Å²) in [5.41, 5.74) is 5.02. The first kappa shape index (κ1) is 22.5. The van der Waals surface area contributed by atoms with Crippen molar-refractivity contribution >= 4 is 29.0 Å². The van der Waals surface area contributed by atoms with E-state index in [0.29, 0.717) is 0 Å². The Bertz CT molecular complexity index is 1230. The Labute approximate surface area is 193 Å². The number of allylic oxidation sites excluding steroid dienone is 4. The Kier molecular flexibility index (Phi) is 5.48. The van der Waals surface area contributed by atoms with E-state index in [0.717, 1.165) is 33.9 Å². The van der Waals surface area contributed by atoms with Crippen LogP contribution in [0.25, 0.3) is 0 Å². The number of carbonyl (C=O) groups is 2. The second-order valence-corrected chi connectivity index (χ2v) is 9.54. The quantitative estimate of drug-likeness (QED) is 0.642. The highest BCUT2D eigenvalue weighted by molar-refractivity contribution is 6.03. The zero-order chi connectivity index (χ0) is 24.0. The van der Waals surface area contributed by atoms with Gasteiger partial charge in [-0.05, 0) is 31.6 Å². The van der Waals surface area contributed by atoms with Crippen molar-refractivity contribution in [2.75, 3.05) is 18.0 Å². The predicted octanol–water partition coefficient (Wildman–Crippen LogP) is 4.47. The molecule has 4 rings (SSSR count). The number of anilines is 1. The monoisotopic (exact) mass is 445 g/mol. The molecule has 0 saturated heterocycles. The first-order valence-electron chi connectivity index (χ1n) is 11.0. The van der Waals surface area contributed by atoms with Crippen LogP contribution in [-0.4, -0.2) is 45.5 Å². The largest absolute Gasteiger partial charge is 0.480 e. The Hall–Kier alpha value is -3.67. The third kappa shape index (κ3) is 3.75. The smallest absolute Gasteiger partial charge is 0.370 e. The molecule has 2 aromatic carbocycles. The van der Waals surface area contributed by atoms with Gasteiger partial charge in [0.05, 0.1) is 5.41 Å². The second-order valence-electron chi connectivity index (χ2n) is 9.54. The number of hydrogen-bond donors (Lipinski definition) is 2. The number of carboxylic acid groups (broad SMARTS) is 2. The fourth-order valence-corrected chi connectivity index (χ4v) is 5.12. The second kappa shape index (κ2) is 8.03. The Morgan fingerprint density at radius 2 is 1.55 bits per heavy atom. The number of carboxylic acids is 2. The molecule has 170 valence electrons. The minimum atomic E-state index is -0.897. The number of aliphatic carboxylic acids is 2. The topological polar surface area (TPSA) is 80.9 Å². The molecule has 0 amide bonds. The minimum absolute atomic E-state index is 0.126. The van der Waals surface area contributed by atoms with Crippen LogP contribution in [0.1, 0.15) is 38.8 Å². The fourth-order valence-electron chi connectivity index (χ4n) is 5.12. The lowest BCUT2D eigenvalue weighted by Crippen LogP contribution is -2.31. The van der Waals surface area contributed by atoms with Gasteiger partial charge in [-0.25, -0.2) is 4.79 Å². The van der Waals surface area contributed by atoms with Gasteiger partial charge < -0.3 is 15.1 Å². The van der Waals surface area contributed by atoms with Gasteiger partial charge in [-0.3, -0.25) is 4.79 Å². The van der Waals surface area contributed by atoms with Gasteiger partial charge in [-0.2, -0.15) is 4.58 Å². The molecule has 0 fully saturated rings. The van der Waals surface area contributed by atoms with Crippen molar-refractivity contribution in [3.05, 3.63) is 83.6 Å². The van der Waals surface area contributed by atoms with Gasteiger partial charge in [0.1, 0.15) is 6.54 Å². The van der Waals surface area contributed by atoms with Gasteiger partial charge in [0, 0.05) is 34.5 Å². The van der Waals surface area contributed by atoms with Gasteiger partial charge in [0.15, 0.2) is 5.71 Å². The lowest BCUT2D eigenvalue weighted by atomic mass is 9.81. The summed E-state index contributed by atoms with van der Waals surface area (Å²) < 4.78 is 1.84. The van der Waals surface area contributed by atoms with Crippen LogP contribution in [0.5, 0.6) is 0 Å². The van der Waals surface area contributed by atoms with Crippen molar-refractivity contribution in [1.82, 2.24) is 0 Å². The Balaban J connectivity index is 1.79. The van der Waals surface area contributed by atoms with Crippen molar-refractivity contribution in [2.45, 2.75) is 38.5 Å². The van der Waals surface area contributed by atoms with E-state index in [-0.39, 0.29) is 23.9 Å². The predicted molar refractivity (Wildman–Crippen MR) is 129 cm³/mol. The summed E-state index contributed by atoms with van der Waals surface area (Å²) in [4.78, 5) is 25.1. The van der Waals surface area contributed by atoms with Crippen molar-refractivity contribution < 1.29 is 24.4 Å². The van der Waals surface area contributed by atoms with Gasteiger partial charge in [0.2, 0.25) is 12.2 Å². The van der Waals surface area contributed by atoms with Gasteiger partial charge in [-0.15, -0.1) is 0 Å². The van der Waals surface area contributed by atoms with Crippen LogP contribution in [-0.2, 0) is 20.4 Å². The van der Waals surface area contributed by atoms with E-state index in [1.54, 1.807) is 0 Å². The van der Waals surface area contributed by atoms with E-state index in [9.17, 15) is 19.8 Å². The number of rotatable bonds is 6. The zero-order valence-electron chi connectivity index (χ0n) is 19.4. The highest BCUT2D eigenvalue weighted by atomic mass is 16.4. The fraction of sp³-hybridized carbons (Fsp3) is 0.296. The SMILES string of the molecule is CC1(C)C(/C=C/C=C2/N(CC(=O)O)c3ccccc3C2(C)C)=[N+](CC(=O)O)c2ccccc21. The molecule has 2 aliphatic rings. The number of benzene rings is 2. The van der Waals surface area contributed by atoms with Crippen LogP contribution < -0.4 is 4.90 Å². The molecule has 0 aromatic heterocycles. The van der Waals surface area contributed by atoms with Crippen molar-refractivity contribution in [2.24, 2.45) is 0 Å². The summed E-state index contributed by atoms with van der Waals surface area (Å²) in [6.45, 7) is 8.11. The lowest BCUT2D eigenvalue weighted by molar-refractivity contribution is -0.428. The molecule has 33 heavy (non-hydrogen) atoms. The van der Waals surface area contributed by atoms with Crippen LogP contribution in [0.15, 0.2) is 72.5 Å². The van der Waals surface area contributed by atoms with E-state index in [4.69, 9.17) is 0 Å². The Morgan fingerprint density at radius 1 is 0.909 bits per heavy atom. The highest BCUT2D eigenvalue weighted by Gasteiger charge is 2.45. The third-order valence-corrected chi connectivity index (χ3v) is 6.69. The average molecular weight is 446 g/mol. The molecule has 2 heterocycles. The molecule has 0 atom stereocenters. The first-order chi connectivity index (χ1) is 15.5. The summed E-state index contributed by atoms with van der Waals surface area (Å²) in [6.07, 6.45) is 5.82. The maximum absolute atomic E-state index is 11.6. The summed E-state index contributed by atoms with van der Waals surface area (Å²) in [5.74, 6) is -1.79. The standard InChI is InChI=1S/C27H28N2O4/c1-26(2)18-10-5-7-12-20(18)28(16-24(30)31)22(26)14-9-15-23-27(3,4)19-11-6-8-13-21(19)29(23)17-25(32)33/h5-15H,16-17H2,1-4H3,(H-,30,31,32,33)/p+1. The third-order valence-electron chi connectivity index (χ3n) is 6.69. The van der Waals surface area contributed by atoms with E-state index >= 15 is 0 Å². The molecule has 0 bridgehead atoms. The average Bonchev–Trinajstić information content (AvgIpc) is 3.08. The van der Waals surface area contributed by atoms with Crippen molar-refractivity contribution in [3.63, 3.8) is 0 Å².